The maximum absolute atomic E-state index is 12.6. The van der Waals surface area contributed by atoms with Crippen molar-refractivity contribution in [1.29, 1.82) is 0 Å². The summed E-state index contributed by atoms with van der Waals surface area (Å²) in [5.41, 5.74) is 0.861. The third-order valence-electron chi connectivity index (χ3n) is 5.50. The van der Waals surface area contributed by atoms with Gasteiger partial charge in [0.25, 0.3) is 20.0 Å². The van der Waals surface area contributed by atoms with Gasteiger partial charge in [-0.25, -0.2) is 34.7 Å². The van der Waals surface area contributed by atoms with Crippen molar-refractivity contribution in [3.8, 4) is 0 Å². The quantitative estimate of drug-likeness (QED) is 0.274. The molecule has 11 heteroatoms. The van der Waals surface area contributed by atoms with Crippen LogP contribution in [0, 0.1) is 0 Å². The molecule has 0 atom stereocenters. The Kier molecular flexibility index (Phi) is 6.67. The molecule has 0 unspecified atom stereocenters. The standard InChI is InChI=1S/C13H9BrN2O2S.C13H10N2O2S/c14-12-9-16(13-11(12)7-4-8-15-13)19(17,18)10-5-2-1-3-6-10;16-18(17,12-6-2-1-3-7-12)15-10-8-11-5-4-9-14-13(11)15/h1-9H;1-10H. The maximum atomic E-state index is 12.6. The van der Waals surface area contributed by atoms with Crippen LogP contribution in [0.3, 0.4) is 0 Å². The SMILES string of the molecule is O=S(=O)(c1ccccc1)n1cc(Br)c2cccnc21.O=S(=O)(c1ccccc1)n1ccc2cccnc21. The second-order valence-corrected chi connectivity index (χ2v) is 12.3. The molecule has 4 heterocycles. The molecule has 0 N–H and O–H groups in total. The van der Waals surface area contributed by atoms with Crippen LogP contribution in [0.1, 0.15) is 0 Å². The molecule has 0 aliphatic rings. The van der Waals surface area contributed by atoms with Crippen LogP contribution in [0.25, 0.3) is 22.1 Å². The molecule has 0 aliphatic heterocycles. The van der Waals surface area contributed by atoms with Crippen molar-refractivity contribution in [2.45, 2.75) is 9.79 Å². The van der Waals surface area contributed by atoms with Crippen molar-refractivity contribution in [3.63, 3.8) is 0 Å². The Bertz CT molecular complexity index is 1920. The Balaban J connectivity index is 0.000000152. The largest absolute Gasteiger partial charge is 0.269 e. The molecule has 2 aromatic carbocycles. The van der Waals surface area contributed by atoms with E-state index in [2.05, 4.69) is 25.9 Å². The first-order valence-corrected chi connectivity index (χ1v) is 14.6. The van der Waals surface area contributed by atoms with Crippen LogP contribution < -0.4 is 0 Å². The van der Waals surface area contributed by atoms with Gasteiger partial charge in [-0.1, -0.05) is 36.4 Å². The molecule has 0 spiro atoms. The second-order valence-electron chi connectivity index (χ2n) is 7.81. The highest BCUT2D eigenvalue weighted by atomic mass is 79.9. The highest BCUT2D eigenvalue weighted by Crippen LogP contribution is 2.28. The molecular weight excluding hydrogens is 576 g/mol. The van der Waals surface area contributed by atoms with Gasteiger partial charge in [0.1, 0.15) is 0 Å². The fourth-order valence-electron chi connectivity index (χ4n) is 3.72. The number of rotatable bonds is 4. The lowest BCUT2D eigenvalue weighted by atomic mass is 10.3. The van der Waals surface area contributed by atoms with E-state index < -0.39 is 20.0 Å². The summed E-state index contributed by atoms with van der Waals surface area (Å²) in [6.45, 7) is 0. The van der Waals surface area contributed by atoms with Crippen molar-refractivity contribution in [3.05, 3.63) is 120 Å². The summed E-state index contributed by atoms with van der Waals surface area (Å²) in [5.74, 6) is 0. The Morgan fingerprint density at radius 1 is 0.595 bits per heavy atom. The van der Waals surface area contributed by atoms with Crippen molar-refractivity contribution in [2.75, 3.05) is 0 Å². The predicted octanol–water partition coefficient (Wildman–Crippen LogP) is 5.31. The maximum Gasteiger partial charge on any atom is 0.269 e. The van der Waals surface area contributed by atoms with E-state index in [0.717, 1.165) is 10.8 Å². The molecule has 0 radical (unpaired) electrons. The number of aromatic nitrogens is 4. The van der Waals surface area contributed by atoms with Gasteiger partial charge >= 0.3 is 0 Å². The van der Waals surface area contributed by atoms with Crippen molar-refractivity contribution in [1.82, 2.24) is 17.9 Å². The summed E-state index contributed by atoms with van der Waals surface area (Å²) in [4.78, 5) is 8.76. The van der Waals surface area contributed by atoms with Gasteiger partial charge in [-0.3, -0.25) is 0 Å². The topological polar surface area (TPSA) is 104 Å². The van der Waals surface area contributed by atoms with Crippen molar-refractivity contribution < 1.29 is 16.8 Å². The van der Waals surface area contributed by atoms with Gasteiger partial charge in [0.2, 0.25) is 0 Å². The monoisotopic (exact) mass is 594 g/mol. The summed E-state index contributed by atoms with van der Waals surface area (Å²) in [6, 6.07) is 25.6. The van der Waals surface area contributed by atoms with Crippen LogP contribution in [0.2, 0.25) is 0 Å². The highest BCUT2D eigenvalue weighted by molar-refractivity contribution is 9.10. The minimum atomic E-state index is -3.62. The number of nitrogens with zero attached hydrogens (tertiary/aromatic N) is 4. The first-order valence-electron chi connectivity index (χ1n) is 10.9. The van der Waals surface area contributed by atoms with E-state index in [1.54, 1.807) is 91.3 Å². The average molecular weight is 596 g/mol. The lowest BCUT2D eigenvalue weighted by Crippen LogP contribution is -2.12. The summed E-state index contributed by atoms with van der Waals surface area (Å²) in [7, 11) is -7.19. The Morgan fingerprint density at radius 3 is 1.76 bits per heavy atom. The van der Waals surface area contributed by atoms with Gasteiger partial charge in [0.05, 0.1) is 9.79 Å². The lowest BCUT2D eigenvalue weighted by molar-refractivity contribution is 0.587. The number of halogens is 1. The summed E-state index contributed by atoms with van der Waals surface area (Å²) < 4.78 is 53.1. The summed E-state index contributed by atoms with van der Waals surface area (Å²) in [6.07, 6.45) is 6.21. The first kappa shape index (κ1) is 24.9. The van der Waals surface area contributed by atoms with Crippen LogP contribution in [-0.4, -0.2) is 34.7 Å². The van der Waals surface area contributed by atoms with E-state index in [0.29, 0.717) is 15.8 Å². The smallest absolute Gasteiger partial charge is 0.237 e. The average Bonchev–Trinajstić information content (AvgIpc) is 3.53. The number of hydrogen-bond donors (Lipinski definition) is 0. The van der Waals surface area contributed by atoms with Gasteiger partial charge in [0, 0.05) is 40.0 Å². The molecule has 0 saturated carbocycles. The predicted molar refractivity (Wildman–Crippen MR) is 145 cm³/mol. The highest BCUT2D eigenvalue weighted by Gasteiger charge is 2.21. The van der Waals surface area contributed by atoms with E-state index in [4.69, 9.17) is 0 Å². The third kappa shape index (κ3) is 4.68. The zero-order valence-electron chi connectivity index (χ0n) is 19.1. The van der Waals surface area contributed by atoms with E-state index in [9.17, 15) is 16.8 Å². The molecule has 6 aromatic rings. The fraction of sp³-hybridized carbons (Fsp3) is 0. The van der Waals surface area contributed by atoms with Gasteiger partial charge in [-0.2, -0.15) is 0 Å². The number of fused-ring (bicyclic) bond motifs is 2. The number of pyridine rings is 2. The molecule has 0 aliphatic carbocycles. The van der Waals surface area contributed by atoms with E-state index >= 15 is 0 Å². The van der Waals surface area contributed by atoms with E-state index in [1.165, 1.54) is 20.3 Å². The van der Waals surface area contributed by atoms with Crippen molar-refractivity contribution >= 4 is 58.0 Å². The minimum Gasteiger partial charge on any atom is -0.237 e. The van der Waals surface area contributed by atoms with Crippen LogP contribution >= 0.6 is 15.9 Å². The summed E-state index contributed by atoms with van der Waals surface area (Å²) >= 11 is 3.36. The molecular formula is C26H19BrN4O4S2. The van der Waals surface area contributed by atoms with Crippen LogP contribution in [0.5, 0.6) is 0 Å². The van der Waals surface area contributed by atoms with Crippen LogP contribution in [0.4, 0.5) is 0 Å². The Labute approximate surface area is 222 Å². The zero-order chi connectivity index (χ0) is 26.0. The van der Waals surface area contributed by atoms with Gasteiger partial charge in [-0.15, -0.1) is 0 Å². The zero-order valence-corrected chi connectivity index (χ0v) is 22.3. The van der Waals surface area contributed by atoms with Gasteiger partial charge in [0.15, 0.2) is 11.3 Å². The minimum absolute atomic E-state index is 0.241. The molecule has 0 fully saturated rings. The molecule has 0 amide bonds. The van der Waals surface area contributed by atoms with Gasteiger partial charge < -0.3 is 0 Å². The molecule has 186 valence electrons. The summed E-state index contributed by atoms with van der Waals surface area (Å²) in [5, 5.41) is 1.57. The molecule has 6 rings (SSSR count). The third-order valence-corrected chi connectivity index (χ3v) is 9.47. The molecule has 0 bridgehead atoms. The number of hydrogen-bond acceptors (Lipinski definition) is 6. The van der Waals surface area contributed by atoms with Gasteiger partial charge in [-0.05, 0) is 70.5 Å². The van der Waals surface area contributed by atoms with Crippen LogP contribution in [-0.2, 0) is 20.0 Å². The van der Waals surface area contributed by atoms with Crippen molar-refractivity contribution in [2.24, 2.45) is 0 Å². The fourth-order valence-corrected chi connectivity index (χ4v) is 7.05. The Morgan fingerprint density at radius 2 is 1.14 bits per heavy atom. The molecule has 8 nitrogen and oxygen atoms in total. The molecule has 4 aromatic heterocycles. The molecule has 0 saturated heterocycles. The van der Waals surface area contributed by atoms with Crippen LogP contribution in [0.15, 0.2) is 130 Å². The second kappa shape index (κ2) is 9.92. The van der Waals surface area contributed by atoms with E-state index in [-0.39, 0.29) is 9.79 Å². The molecule has 37 heavy (non-hydrogen) atoms. The Hall–Kier alpha value is -3.80. The van der Waals surface area contributed by atoms with E-state index in [1.807, 2.05) is 12.1 Å². The first-order chi connectivity index (χ1) is 17.8. The number of benzene rings is 2. The normalized spacial score (nSPS) is 11.8. The lowest BCUT2D eigenvalue weighted by Gasteiger charge is -2.06.